The van der Waals surface area contributed by atoms with E-state index in [9.17, 15) is 0 Å². The summed E-state index contributed by atoms with van der Waals surface area (Å²) in [5.74, 6) is 1.07. The molecule has 0 unspecified atom stereocenters. The van der Waals surface area contributed by atoms with Gasteiger partial charge in [-0.2, -0.15) is 5.10 Å². The van der Waals surface area contributed by atoms with Crippen LogP contribution in [0.4, 0.5) is 5.82 Å². The summed E-state index contributed by atoms with van der Waals surface area (Å²) in [5.41, 5.74) is 6.38. The molecular weight excluding hydrogens is 186 g/mol. The minimum Gasteiger partial charge on any atom is -0.383 e. The lowest BCUT2D eigenvalue weighted by atomic mass is 10.4. The number of fused-ring (bicyclic) bond motifs is 1. The van der Waals surface area contributed by atoms with E-state index in [2.05, 4.69) is 15.1 Å². The molecule has 0 bridgehead atoms. The molecule has 0 aliphatic heterocycles. The summed E-state index contributed by atoms with van der Waals surface area (Å²) in [4.78, 5) is 7.95. The largest absolute Gasteiger partial charge is 0.383 e. The van der Waals surface area contributed by atoms with Crippen molar-refractivity contribution < 1.29 is 0 Å². The van der Waals surface area contributed by atoms with Crippen molar-refractivity contribution in [2.75, 3.05) is 11.5 Å². The van der Waals surface area contributed by atoms with Gasteiger partial charge in [-0.3, -0.25) is 0 Å². The van der Waals surface area contributed by atoms with Crippen molar-refractivity contribution in [1.82, 2.24) is 19.7 Å². The molecule has 0 atom stereocenters. The van der Waals surface area contributed by atoms with Crippen LogP contribution in [0.5, 0.6) is 0 Å². The zero-order valence-electron chi connectivity index (χ0n) is 6.84. The highest BCUT2D eigenvalue weighted by molar-refractivity contribution is 7.80. The van der Waals surface area contributed by atoms with Crippen LogP contribution in [0.1, 0.15) is 0 Å². The normalized spacial score (nSPS) is 10.8. The molecule has 2 aromatic heterocycles. The molecule has 13 heavy (non-hydrogen) atoms. The smallest absolute Gasteiger partial charge is 0.163 e. The van der Waals surface area contributed by atoms with Gasteiger partial charge in [0.25, 0.3) is 0 Å². The van der Waals surface area contributed by atoms with Crippen molar-refractivity contribution in [2.24, 2.45) is 0 Å². The number of anilines is 1. The van der Waals surface area contributed by atoms with Gasteiger partial charge in [0.05, 0.1) is 18.1 Å². The molecule has 2 heterocycles. The number of nitrogens with zero attached hydrogens (tertiary/aromatic N) is 4. The van der Waals surface area contributed by atoms with Gasteiger partial charge in [0.2, 0.25) is 0 Å². The van der Waals surface area contributed by atoms with Crippen molar-refractivity contribution in [1.29, 1.82) is 0 Å². The van der Waals surface area contributed by atoms with Crippen molar-refractivity contribution >= 4 is 29.5 Å². The van der Waals surface area contributed by atoms with Gasteiger partial charge in [-0.05, 0) is 0 Å². The van der Waals surface area contributed by atoms with E-state index in [0.717, 1.165) is 11.0 Å². The Bertz CT molecular complexity index is 424. The zero-order chi connectivity index (χ0) is 9.26. The highest BCUT2D eigenvalue weighted by Crippen LogP contribution is 2.14. The first kappa shape index (κ1) is 8.31. The van der Waals surface area contributed by atoms with Crippen LogP contribution in [0.15, 0.2) is 12.5 Å². The molecule has 5 nitrogen and oxygen atoms in total. The highest BCUT2D eigenvalue weighted by Gasteiger charge is 2.05. The molecule has 2 N–H and O–H groups in total. The molecule has 0 amide bonds. The van der Waals surface area contributed by atoms with E-state index in [1.165, 1.54) is 6.33 Å². The third kappa shape index (κ3) is 1.33. The molecule has 0 saturated carbocycles. The predicted octanol–water partition coefficient (Wildman–Crippen LogP) is 0.606. The van der Waals surface area contributed by atoms with E-state index in [0.29, 0.717) is 18.1 Å². The van der Waals surface area contributed by atoms with Gasteiger partial charge in [0.1, 0.15) is 12.1 Å². The molecule has 0 saturated heterocycles. The van der Waals surface area contributed by atoms with Gasteiger partial charge < -0.3 is 5.73 Å². The van der Waals surface area contributed by atoms with Gasteiger partial charge in [-0.15, -0.1) is 0 Å². The van der Waals surface area contributed by atoms with E-state index in [-0.39, 0.29) is 0 Å². The Hall–Kier alpha value is -1.30. The summed E-state index contributed by atoms with van der Waals surface area (Å²) in [6.07, 6.45) is 3.09. The second kappa shape index (κ2) is 3.21. The molecule has 0 spiro atoms. The zero-order valence-corrected chi connectivity index (χ0v) is 7.66. The fourth-order valence-electron chi connectivity index (χ4n) is 1.16. The second-order valence-electron chi connectivity index (χ2n) is 2.57. The summed E-state index contributed by atoms with van der Waals surface area (Å²) in [7, 11) is 0. The van der Waals surface area contributed by atoms with Crippen LogP contribution in [0, 0.1) is 0 Å². The first-order chi connectivity index (χ1) is 6.33. The lowest BCUT2D eigenvalue weighted by Crippen LogP contribution is -2.02. The average Bonchev–Trinajstić information content (AvgIpc) is 2.51. The Morgan fingerprint density at radius 2 is 2.31 bits per heavy atom. The topological polar surface area (TPSA) is 69.6 Å². The summed E-state index contributed by atoms with van der Waals surface area (Å²) in [6, 6.07) is 0. The van der Waals surface area contributed by atoms with Crippen molar-refractivity contribution in [2.45, 2.75) is 6.54 Å². The van der Waals surface area contributed by atoms with Crippen LogP contribution >= 0.6 is 12.6 Å². The van der Waals surface area contributed by atoms with Crippen LogP contribution in [0.3, 0.4) is 0 Å². The Morgan fingerprint density at radius 1 is 1.46 bits per heavy atom. The lowest BCUT2D eigenvalue weighted by Gasteiger charge is -1.98. The van der Waals surface area contributed by atoms with Gasteiger partial charge in [-0.1, -0.05) is 12.6 Å². The Balaban J connectivity index is 2.61. The standard InChI is InChI=1S/C7H8N5S/c8-6-5-3-11-12(1-2-13)7(5)10-4-9-6/h3-4H,1-2H2,(H2,8,9,10). The van der Waals surface area contributed by atoms with Crippen LogP contribution in [0.25, 0.3) is 11.0 Å². The minimum atomic E-state index is 0.459. The van der Waals surface area contributed by atoms with Gasteiger partial charge in [-0.25, -0.2) is 14.6 Å². The Morgan fingerprint density at radius 3 is 3.08 bits per heavy atom. The third-order valence-corrected chi connectivity index (χ3v) is 1.95. The summed E-state index contributed by atoms with van der Waals surface area (Å²) < 4.78 is 1.74. The minimum absolute atomic E-state index is 0.459. The molecule has 0 fully saturated rings. The molecule has 6 heteroatoms. The first-order valence-corrected chi connectivity index (χ1v) is 4.41. The Labute approximate surface area is 80.4 Å². The van der Waals surface area contributed by atoms with E-state index < -0.39 is 0 Å². The van der Waals surface area contributed by atoms with Crippen LogP contribution in [0.2, 0.25) is 0 Å². The first-order valence-electron chi connectivity index (χ1n) is 3.83. The van der Waals surface area contributed by atoms with Gasteiger partial charge in [0, 0.05) is 5.75 Å². The third-order valence-electron chi connectivity index (χ3n) is 1.77. The summed E-state index contributed by atoms with van der Waals surface area (Å²) >= 11 is 4.86. The van der Waals surface area contributed by atoms with Crippen molar-refractivity contribution in [3.05, 3.63) is 12.5 Å². The second-order valence-corrected chi connectivity index (χ2v) is 2.98. The maximum atomic E-state index is 5.64. The Kier molecular flexibility index (Phi) is 2.05. The molecular formula is C7H8N5S. The lowest BCUT2D eigenvalue weighted by molar-refractivity contribution is 0.684. The van der Waals surface area contributed by atoms with Crippen LogP contribution in [-0.4, -0.2) is 25.5 Å². The van der Waals surface area contributed by atoms with Crippen molar-refractivity contribution in [3.8, 4) is 0 Å². The molecule has 67 valence electrons. The summed E-state index contributed by atoms with van der Waals surface area (Å²) in [6.45, 7) is 0.676. The maximum Gasteiger partial charge on any atom is 0.163 e. The molecule has 1 radical (unpaired) electrons. The number of hydrogen-bond acceptors (Lipinski definition) is 4. The van der Waals surface area contributed by atoms with E-state index >= 15 is 0 Å². The fraction of sp³-hybridized carbons (Fsp3) is 0.286. The van der Waals surface area contributed by atoms with Crippen molar-refractivity contribution in [3.63, 3.8) is 0 Å². The number of hydrogen-bond donors (Lipinski definition) is 1. The maximum absolute atomic E-state index is 5.64. The monoisotopic (exact) mass is 194 g/mol. The van der Waals surface area contributed by atoms with Gasteiger partial charge in [0.15, 0.2) is 5.65 Å². The molecule has 0 aliphatic carbocycles. The van der Waals surface area contributed by atoms with Crippen LogP contribution < -0.4 is 5.73 Å². The molecule has 0 aromatic carbocycles. The summed E-state index contributed by atoms with van der Waals surface area (Å²) in [5, 5.41) is 4.90. The SMILES string of the molecule is Nc1ncnc2c1cnn2CC[S]. The molecule has 0 aliphatic rings. The van der Waals surface area contributed by atoms with Gasteiger partial charge >= 0.3 is 0 Å². The van der Waals surface area contributed by atoms with E-state index in [4.69, 9.17) is 18.4 Å². The predicted molar refractivity (Wildman–Crippen MR) is 52.2 cm³/mol. The fourth-order valence-corrected chi connectivity index (χ4v) is 1.33. The average molecular weight is 194 g/mol. The van der Waals surface area contributed by atoms with E-state index in [1.54, 1.807) is 10.9 Å². The molecule has 2 rings (SSSR count). The van der Waals surface area contributed by atoms with E-state index in [1.807, 2.05) is 0 Å². The number of nitrogen functional groups attached to an aromatic ring is 1. The number of aryl methyl sites for hydroxylation is 1. The quantitative estimate of drug-likeness (QED) is 0.760. The number of nitrogens with two attached hydrogens (primary N) is 1. The number of rotatable bonds is 2. The highest BCUT2D eigenvalue weighted by atomic mass is 32.1. The van der Waals surface area contributed by atoms with Crippen LogP contribution in [-0.2, 0) is 6.54 Å². The number of aromatic nitrogens is 4. The molecule has 2 aromatic rings.